The van der Waals surface area contributed by atoms with E-state index in [2.05, 4.69) is 22.1 Å². The molecule has 4 heterocycles. The number of rotatable bonds is 11. The van der Waals surface area contributed by atoms with Crippen molar-refractivity contribution >= 4 is 40.6 Å². The van der Waals surface area contributed by atoms with E-state index in [0.717, 1.165) is 53.9 Å². The summed E-state index contributed by atoms with van der Waals surface area (Å²) in [7, 11) is 2.02. The Balaban J connectivity index is 1.10. The first-order valence-electron chi connectivity index (χ1n) is 14.6. The lowest BCUT2D eigenvalue weighted by molar-refractivity contribution is -0.125. The van der Waals surface area contributed by atoms with Crippen molar-refractivity contribution in [1.82, 2.24) is 19.3 Å². The second-order valence-electron chi connectivity index (χ2n) is 11.6. The van der Waals surface area contributed by atoms with E-state index < -0.39 is 0 Å². The second kappa shape index (κ2) is 11.0. The number of carbonyl (C=O) groups excluding carboxylic acids is 2. The Kier molecular flexibility index (Phi) is 7.07. The number of hydrogen-bond donors (Lipinski definition) is 0. The van der Waals surface area contributed by atoms with Gasteiger partial charge in [-0.05, 0) is 60.9 Å². The number of hydrogen-bond acceptors (Lipinski definition) is 6. The number of aromatic nitrogens is 3. The molecule has 1 saturated heterocycles. The lowest BCUT2D eigenvalue weighted by Gasteiger charge is -2.19. The fourth-order valence-electron chi connectivity index (χ4n) is 5.58. The summed E-state index contributed by atoms with van der Waals surface area (Å²) in [4.78, 5) is 40.9. The predicted octanol–water partition coefficient (Wildman–Crippen LogP) is 5.76. The average Bonchev–Trinajstić information content (AvgIpc) is 3.92. The third kappa shape index (κ3) is 5.58. The molecule has 1 aromatic carbocycles. The molecule has 2 aliphatic carbocycles. The Bertz CT molecular complexity index is 1650. The minimum Gasteiger partial charge on any atom is -0.375 e. The fourth-order valence-corrected chi connectivity index (χ4v) is 5.79. The Morgan fingerprint density at radius 3 is 2.55 bits per heavy atom. The molecule has 0 N–H and O–H groups in total. The van der Waals surface area contributed by atoms with Crippen molar-refractivity contribution in [2.45, 2.75) is 50.7 Å². The Morgan fingerprint density at radius 2 is 1.79 bits per heavy atom. The van der Waals surface area contributed by atoms with Crippen LogP contribution in [0.25, 0.3) is 5.65 Å². The van der Waals surface area contributed by atoms with Crippen LogP contribution in [0.2, 0.25) is 5.15 Å². The standard InChI is InChI=1S/C32H33ClN6O3/c1-36(26-14-27(23-9-10-23)35-29(33)15-26)17-25-18-37-16-24(22-7-8-22)13-28(31(37)34-25)39-19-30(40)38(32(39)41)11-12-42-20-21-5-3-2-4-6-21/h2-6,13-16,18,22-23H,7-12,17,19-20H2,1H3. The summed E-state index contributed by atoms with van der Waals surface area (Å²) in [5, 5.41) is 0.500. The number of fused-ring (bicyclic) bond motifs is 1. The highest BCUT2D eigenvalue weighted by atomic mass is 35.5. The van der Waals surface area contributed by atoms with Crippen LogP contribution in [-0.2, 0) is 22.7 Å². The minimum absolute atomic E-state index is 0.0111. The SMILES string of the molecule is CN(Cc1cn2cc(C3CC3)cc(N3CC(=O)N(CCOCc4ccccc4)C3=O)c2n1)c1cc(Cl)nc(C2CC2)c1. The number of pyridine rings is 2. The molecular weight excluding hydrogens is 552 g/mol. The number of amides is 3. The summed E-state index contributed by atoms with van der Waals surface area (Å²) in [6.45, 7) is 1.47. The van der Waals surface area contributed by atoms with Crippen LogP contribution in [0.4, 0.5) is 16.2 Å². The molecule has 2 saturated carbocycles. The van der Waals surface area contributed by atoms with Gasteiger partial charge in [-0.1, -0.05) is 41.9 Å². The zero-order chi connectivity index (χ0) is 28.8. The summed E-state index contributed by atoms with van der Waals surface area (Å²) in [5.41, 5.74) is 6.45. The molecular formula is C32H33ClN6O3. The van der Waals surface area contributed by atoms with Crippen molar-refractivity contribution in [3.63, 3.8) is 0 Å². The number of nitrogens with zero attached hydrogens (tertiary/aromatic N) is 6. The largest absolute Gasteiger partial charge is 0.375 e. The predicted molar refractivity (Wildman–Crippen MR) is 161 cm³/mol. The lowest BCUT2D eigenvalue weighted by atomic mass is 10.1. The van der Waals surface area contributed by atoms with E-state index in [1.807, 2.05) is 60.1 Å². The van der Waals surface area contributed by atoms with E-state index in [1.54, 1.807) is 4.90 Å². The van der Waals surface area contributed by atoms with Crippen LogP contribution in [0.3, 0.4) is 0 Å². The van der Waals surface area contributed by atoms with Crippen LogP contribution in [0.5, 0.6) is 0 Å². The van der Waals surface area contributed by atoms with Gasteiger partial charge in [0.1, 0.15) is 11.7 Å². The van der Waals surface area contributed by atoms with Crippen LogP contribution >= 0.6 is 11.6 Å². The number of ether oxygens (including phenoxy) is 1. The normalized spacial score (nSPS) is 17.1. The van der Waals surface area contributed by atoms with Gasteiger partial charge in [0.25, 0.3) is 5.91 Å². The molecule has 0 unspecified atom stereocenters. The van der Waals surface area contributed by atoms with Crippen LogP contribution in [0.15, 0.2) is 60.9 Å². The molecule has 0 bridgehead atoms. The summed E-state index contributed by atoms with van der Waals surface area (Å²) >= 11 is 6.35. The van der Waals surface area contributed by atoms with Gasteiger partial charge in [0, 0.05) is 36.7 Å². The van der Waals surface area contributed by atoms with Gasteiger partial charge in [-0.2, -0.15) is 0 Å². The van der Waals surface area contributed by atoms with Gasteiger partial charge in [-0.3, -0.25) is 14.6 Å². The fraction of sp³-hybridized carbons (Fsp3) is 0.375. The van der Waals surface area contributed by atoms with Crippen molar-refractivity contribution in [1.29, 1.82) is 0 Å². The highest BCUT2D eigenvalue weighted by Gasteiger charge is 2.38. The third-order valence-electron chi connectivity index (χ3n) is 8.20. The first-order chi connectivity index (χ1) is 20.4. The van der Waals surface area contributed by atoms with E-state index in [-0.39, 0.29) is 31.6 Å². The van der Waals surface area contributed by atoms with E-state index in [9.17, 15) is 9.59 Å². The molecule has 3 amide bonds. The summed E-state index contributed by atoms with van der Waals surface area (Å²) < 4.78 is 7.76. The van der Waals surface area contributed by atoms with Crippen LogP contribution in [0, 0.1) is 0 Å². The number of imidazole rings is 1. The maximum Gasteiger partial charge on any atom is 0.331 e. The number of halogens is 1. The van der Waals surface area contributed by atoms with Gasteiger partial charge in [0.2, 0.25) is 0 Å². The van der Waals surface area contributed by atoms with Crippen molar-refractivity contribution in [3.05, 3.63) is 88.6 Å². The van der Waals surface area contributed by atoms with Gasteiger partial charge in [0.05, 0.1) is 37.7 Å². The van der Waals surface area contributed by atoms with Crippen LogP contribution in [0.1, 0.15) is 60.0 Å². The number of carbonyl (C=O) groups is 2. The van der Waals surface area contributed by atoms with Crippen molar-refractivity contribution in [2.75, 3.05) is 36.5 Å². The molecule has 0 radical (unpaired) electrons. The lowest BCUT2D eigenvalue weighted by Crippen LogP contribution is -2.35. The van der Waals surface area contributed by atoms with Crippen LogP contribution in [-0.4, -0.2) is 58.0 Å². The van der Waals surface area contributed by atoms with E-state index >= 15 is 0 Å². The molecule has 42 heavy (non-hydrogen) atoms. The van der Waals surface area contributed by atoms with E-state index in [4.69, 9.17) is 21.3 Å². The Labute approximate surface area is 249 Å². The highest BCUT2D eigenvalue weighted by molar-refractivity contribution is 6.29. The van der Waals surface area contributed by atoms with Crippen molar-refractivity contribution in [3.8, 4) is 0 Å². The summed E-state index contributed by atoms with van der Waals surface area (Å²) in [6.07, 6.45) is 8.69. The molecule has 10 heteroatoms. The zero-order valence-electron chi connectivity index (χ0n) is 23.6. The first kappa shape index (κ1) is 26.9. The maximum absolute atomic E-state index is 13.5. The Morgan fingerprint density at radius 1 is 1.00 bits per heavy atom. The number of urea groups is 1. The number of anilines is 2. The molecule has 7 rings (SSSR count). The number of benzene rings is 1. The monoisotopic (exact) mass is 584 g/mol. The van der Waals surface area contributed by atoms with Gasteiger partial charge in [0.15, 0.2) is 5.65 Å². The molecule has 0 spiro atoms. The van der Waals surface area contributed by atoms with Gasteiger partial charge < -0.3 is 14.0 Å². The molecule has 216 valence electrons. The number of imide groups is 1. The highest BCUT2D eigenvalue weighted by Crippen LogP contribution is 2.43. The summed E-state index contributed by atoms with van der Waals surface area (Å²) in [5.74, 6) is 0.744. The summed E-state index contributed by atoms with van der Waals surface area (Å²) in [6, 6.07) is 15.5. The van der Waals surface area contributed by atoms with Gasteiger partial charge in [-0.15, -0.1) is 0 Å². The molecule has 3 aliphatic rings. The molecule has 3 fully saturated rings. The third-order valence-corrected chi connectivity index (χ3v) is 8.40. The Hall–Kier alpha value is -3.95. The van der Waals surface area contributed by atoms with Crippen molar-refractivity contribution < 1.29 is 14.3 Å². The molecule has 0 atom stereocenters. The van der Waals surface area contributed by atoms with E-state index in [1.165, 1.54) is 4.90 Å². The molecule has 3 aromatic heterocycles. The minimum atomic E-state index is -0.334. The van der Waals surface area contributed by atoms with Gasteiger partial charge >= 0.3 is 6.03 Å². The molecule has 4 aromatic rings. The smallest absolute Gasteiger partial charge is 0.331 e. The second-order valence-corrected chi connectivity index (χ2v) is 11.9. The van der Waals surface area contributed by atoms with E-state index in [0.29, 0.717) is 41.5 Å². The topological polar surface area (TPSA) is 83.3 Å². The average molecular weight is 585 g/mol. The quantitative estimate of drug-likeness (QED) is 0.127. The van der Waals surface area contributed by atoms with Crippen molar-refractivity contribution in [2.24, 2.45) is 0 Å². The molecule has 9 nitrogen and oxygen atoms in total. The maximum atomic E-state index is 13.5. The first-order valence-corrected chi connectivity index (χ1v) is 14.9. The molecule has 1 aliphatic heterocycles. The van der Waals surface area contributed by atoms with Gasteiger partial charge in [-0.25, -0.2) is 14.8 Å². The van der Waals surface area contributed by atoms with Crippen LogP contribution < -0.4 is 9.80 Å². The zero-order valence-corrected chi connectivity index (χ0v) is 24.3.